The van der Waals surface area contributed by atoms with Crippen molar-refractivity contribution in [3.05, 3.63) is 84.7 Å². The molecule has 0 aliphatic carbocycles. The zero-order chi connectivity index (χ0) is 22.5. The number of para-hydroxylation sites is 1. The number of rotatable bonds is 7. The highest BCUT2D eigenvalue weighted by Gasteiger charge is 2.18. The monoisotopic (exact) mass is 447 g/mol. The standard InChI is InChI=1S/C24H22FN5OS/c1-29(2)21-13-6-8-17(14-21)23-27-28-24(30(23)20-11-4-3-5-12-20)32-16-22(31)26-19-10-7-9-18(25)15-19/h3-15H,16H2,1-2H3,(H,26,31). The lowest BCUT2D eigenvalue weighted by Gasteiger charge is -2.14. The number of nitrogens with zero attached hydrogens (tertiary/aromatic N) is 4. The van der Waals surface area contributed by atoms with Gasteiger partial charge in [-0.1, -0.05) is 48.2 Å². The zero-order valence-electron chi connectivity index (χ0n) is 17.7. The Morgan fingerprint density at radius 1 is 1.00 bits per heavy atom. The van der Waals surface area contributed by atoms with Crippen LogP contribution in [-0.4, -0.2) is 40.5 Å². The van der Waals surface area contributed by atoms with Gasteiger partial charge in [0.25, 0.3) is 0 Å². The van der Waals surface area contributed by atoms with Gasteiger partial charge in [0.15, 0.2) is 11.0 Å². The summed E-state index contributed by atoms with van der Waals surface area (Å²) >= 11 is 1.27. The van der Waals surface area contributed by atoms with E-state index in [4.69, 9.17) is 0 Å². The summed E-state index contributed by atoms with van der Waals surface area (Å²) in [6, 6.07) is 23.6. The first kappa shape index (κ1) is 21.6. The molecule has 0 atom stereocenters. The van der Waals surface area contributed by atoms with Gasteiger partial charge in [-0.25, -0.2) is 4.39 Å². The molecule has 4 aromatic rings. The van der Waals surface area contributed by atoms with E-state index in [1.807, 2.05) is 72.1 Å². The molecule has 0 fully saturated rings. The Morgan fingerprint density at radius 2 is 1.78 bits per heavy atom. The molecular formula is C24H22FN5OS. The molecule has 3 aromatic carbocycles. The van der Waals surface area contributed by atoms with Crippen molar-refractivity contribution < 1.29 is 9.18 Å². The predicted molar refractivity (Wildman–Crippen MR) is 127 cm³/mol. The van der Waals surface area contributed by atoms with Gasteiger partial charge in [-0.05, 0) is 42.5 Å². The summed E-state index contributed by atoms with van der Waals surface area (Å²) in [6.07, 6.45) is 0. The van der Waals surface area contributed by atoms with Gasteiger partial charge in [0.1, 0.15) is 5.82 Å². The minimum absolute atomic E-state index is 0.110. The second-order valence-corrected chi connectivity index (χ2v) is 8.21. The van der Waals surface area contributed by atoms with E-state index in [0.29, 0.717) is 16.7 Å². The van der Waals surface area contributed by atoms with E-state index in [2.05, 4.69) is 21.6 Å². The predicted octanol–water partition coefficient (Wildman–Crippen LogP) is 4.87. The van der Waals surface area contributed by atoms with Crippen LogP contribution in [0.1, 0.15) is 0 Å². The third kappa shape index (κ3) is 4.97. The molecule has 0 aliphatic heterocycles. The van der Waals surface area contributed by atoms with Crippen LogP contribution in [0.4, 0.5) is 15.8 Å². The summed E-state index contributed by atoms with van der Waals surface area (Å²) in [5.41, 5.74) is 3.29. The maximum Gasteiger partial charge on any atom is 0.234 e. The van der Waals surface area contributed by atoms with Gasteiger partial charge in [0.2, 0.25) is 5.91 Å². The van der Waals surface area contributed by atoms with Gasteiger partial charge in [0, 0.05) is 36.7 Å². The smallest absolute Gasteiger partial charge is 0.234 e. The molecule has 0 saturated heterocycles. The lowest BCUT2D eigenvalue weighted by molar-refractivity contribution is -0.113. The molecule has 162 valence electrons. The van der Waals surface area contributed by atoms with Gasteiger partial charge < -0.3 is 10.2 Å². The second-order valence-electron chi connectivity index (χ2n) is 7.27. The van der Waals surface area contributed by atoms with E-state index in [1.54, 1.807) is 12.1 Å². The van der Waals surface area contributed by atoms with Gasteiger partial charge in [0.05, 0.1) is 5.75 Å². The average Bonchev–Trinajstić information content (AvgIpc) is 3.22. The zero-order valence-corrected chi connectivity index (χ0v) is 18.5. The van der Waals surface area contributed by atoms with Crippen molar-refractivity contribution in [2.75, 3.05) is 30.1 Å². The molecule has 8 heteroatoms. The summed E-state index contributed by atoms with van der Waals surface area (Å²) in [5.74, 6) is 0.148. The molecule has 1 aromatic heterocycles. The number of hydrogen-bond donors (Lipinski definition) is 1. The highest BCUT2D eigenvalue weighted by atomic mass is 32.2. The Hall–Kier alpha value is -3.65. The highest BCUT2D eigenvalue weighted by Crippen LogP contribution is 2.29. The van der Waals surface area contributed by atoms with Crippen molar-refractivity contribution in [2.24, 2.45) is 0 Å². The molecular weight excluding hydrogens is 425 g/mol. The molecule has 32 heavy (non-hydrogen) atoms. The number of nitrogens with one attached hydrogen (secondary N) is 1. The summed E-state index contributed by atoms with van der Waals surface area (Å²) < 4.78 is 15.3. The van der Waals surface area contributed by atoms with Crippen LogP contribution in [0.25, 0.3) is 17.1 Å². The Morgan fingerprint density at radius 3 is 2.53 bits per heavy atom. The minimum atomic E-state index is -0.399. The van der Waals surface area contributed by atoms with Crippen LogP contribution in [0.2, 0.25) is 0 Å². The van der Waals surface area contributed by atoms with E-state index < -0.39 is 5.82 Å². The Balaban J connectivity index is 1.61. The van der Waals surface area contributed by atoms with Gasteiger partial charge in [-0.3, -0.25) is 9.36 Å². The van der Waals surface area contributed by atoms with Crippen LogP contribution in [0.3, 0.4) is 0 Å². The number of anilines is 2. The normalized spacial score (nSPS) is 10.7. The average molecular weight is 448 g/mol. The minimum Gasteiger partial charge on any atom is -0.378 e. The quantitative estimate of drug-likeness (QED) is 0.410. The molecule has 0 spiro atoms. The van der Waals surface area contributed by atoms with E-state index in [1.165, 1.54) is 23.9 Å². The number of carbonyl (C=O) groups is 1. The Bertz CT molecular complexity index is 1230. The molecule has 0 unspecified atom stereocenters. The maximum atomic E-state index is 13.4. The van der Waals surface area contributed by atoms with Crippen LogP contribution >= 0.6 is 11.8 Å². The van der Waals surface area contributed by atoms with E-state index in [0.717, 1.165) is 16.9 Å². The van der Waals surface area contributed by atoms with Crippen molar-refractivity contribution in [1.82, 2.24) is 14.8 Å². The van der Waals surface area contributed by atoms with Crippen molar-refractivity contribution in [3.8, 4) is 17.1 Å². The number of thioether (sulfide) groups is 1. The Kier molecular flexibility index (Phi) is 6.51. The fourth-order valence-electron chi connectivity index (χ4n) is 3.18. The second kappa shape index (κ2) is 9.65. The van der Waals surface area contributed by atoms with Crippen LogP contribution in [0.5, 0.6) is 0 Å². The van der Waals surface area contributed by atoms with Gasteiger partial charge in [-0.15, -0.1) is 10.2 Å². The molecule has 1 N–H and O–H groups in total. The lowest BCUT2D eigenvalue weighted by atomic mass is 10.1. The lowest BCUT2D eigenvalue weighted by Crippen LogP contribution is -2.14. The van der Waals surface area contributed by atoms with Gasteiger partial charge >= 0.3 is 0 Å². The number of carbonyl (C=O) groups excluding carboxylic acids is 1. The summed E-state index contributed by atoms with van der Waals surface area (Å²) in [5, 5.41) is 12.1. The number of halogens is 1. The SMILES string of the molecule is CN(C)c1cccc(-c2nnc(SCC(=O)Nc3cccc(F)c3)n2-c2ccccc2)c1. The van der Waals surface area contributed by atoms with Crippen molar-refractivity contribution in [3.63, 3.8) is 0 Å². The third-order valence-corrected chi connectivity index (χ3v) is 5.64. The van der Waals surface area contributed by atoms with Crippen molar-refractivity contribution in [1.29, 1.82) is 0 Å². The summed E-state index contributed by atoms with van der Waals surface area (Å²) in [7, 11) is 3.97. The molecule has 0 saturated carbocycles. The van der Waals surface area contributed by atoms with E-state index in [-0.39, 0.29) is 11.7 Å². The van der Waals surface area contributed by atoms with Crippen LogP contribution in [0, 0.1) is 5.82 Å². The molecule has 4 rings (SSSR count). The third-order valence-electron chi connectivity index (χ3n) is 4.71. The fraction of sp³-hybridized carbons (Fsp3) is 0.125. The molecule has 1 amide bonds. The first-order chi connectivity index (χ1) is 15.5. The number of hydrogen-bond acceptors (Lipinski definition) is 5. The first-order valence-electron chi connectivity index (χ1n) is 9.98. The van der Waals surface area contributed by atoms with Gasteiger partial charge in [-0.2, -0.15) is 0 Å². The van der Waals surface area contributed by atoms with Crippen molar-refractivity contribution >= 4 is 29.0 Å². The van der Waals surface area contributed by atoms with E-state index >= 15 is 0 Å². The molecule has 0 radical (unpaired) electrons. The highest BCUT2D eigenvalue weighted by molar-refractivity contribution is 7.99. The summed E-state index contributed by atoms with van der Waals surface area (Å²) in [4.78, 5) is 14.5. The molecule has 0 aliphatic rings. The molecule has 1 heterocycles. The number of aromatic nitrogens is 3. The molecule has 0 bridgehead atoms. The molecule has 6 nitrogen and oxygen atoms in total. The Labute approximate surface area is 190 Å². The van der Waals surface area contributed by atoms with Crippen LogP contribution in [0.15, 0.2) is 84.0 Å². The van der Waals surface area contributed by atoms with Crippen LogP contribution < -0.4 is 10.2 Å². The number of amides is 1. The topological polar surface area (TPSA) is 63.1 Å². The van der Waals surface area contributed by atoms with E-state index in [9.17, 15) is 9.18 Å². The van der Waals surface area contributed by atoms with Crippen molar-refractivity contribution in [2.45, 2.75) is 5.16 Å². The first-order valence-corrected chi connectivity index (χ1v) is 11.0. The number of benzene rings is 3. The fourth-order valence-corrected chi connectivity index (χ4v) is 3.93. The largest absolute Gasteiger partial charge is 0.378 e. The summed E-state index contributed by atoms with van der Waals surface area (Å²) in [6.45, 7) is 0. The van der Waals surface area contributed by atoms with Crippen LogP contribution in [-0.2, 0) is 4.79 Å². The maximum absolute atomic E-state index is 13.4.